The molecule has 0 aliphatic rings. The number of rotatable bonds is 13. The van der Waals surface area contributed by atoms with Crippen LogP contribution >= 0.6 is 11.6 Å². The number of benzene rings is 4. The highest BCUT2D eigenvalue weighted by atomic mass is 35.5. The molecule has 236 valence electrons. The largest absolute Gasteiger partial charge is 0.497 e. The summed E-state index contributed by atoms with van der Waals surface area (Å²) < 4.78 is 34.6. The molecule has 10 heteroatoms. The average molecular weight is 648 g/mol. The average Bonchev–Trinajstić information content (AvgIpc) is 3.03. The minimum absolute atomic E-state index is 0.000636. The first-order valence-corrected chi connectivity index (χ1v) is 16.4. The minimum Gasteiger partial charge on any atom is -0.497 e. The molecule has 2 amide bonds. The van der Waals surface area contributed by atoms with E-state index in [0.717, 1.165) is 21.0 Å². The maximum absolute atomic E-state index is 14.5. The summed E-state index contributed by atoms with van der Waals surface area (Å²) in [4.78, 5) is 29.7. The Balaban J connectivity index is 1.79. The van der Waals surface area contributed by atoms with Gasteiger partial charge in [-0.1, -0.05) is 71.8 Å². The van der Waals surface area contributed by atoms with E-state index in [9.17, 15) is 18.0 Å². The van der Waals surface area contributed by atoms with Gasteiger partial charge in [0, 0.05) is 24.0 Å². The second-order valence-corrected chi connectivity index (χ2v) is 13.3. The van der Waals surface area contributed by atoms with E-state index in [4.69, 9.17) is 16.3 Å². The Kier molecular flexibility index (Phi) is 11.3. The summed E-state index contributed by atoms with van der Waals surface area (Å²) in [7, 11) is -2.71. The fraction of sp³-hybridized carbons (Fsp3) is 0.257. The molecule has 0 radical (unpaired) electrons. The van der Waals surface area contributed by atoms with Crippen LogP contribution in [0.15, 0.2) is 108 Å². The quantitative estimate of drug-likeness (QED) is 0.192. The van der Waals surface area contributed by atoms with E-state index in [0.29, 0.717) is 16.5 Å². The highest BCUT2D eigenvalue weighted by Gasteiger charge is 2.34. The number of methoxy groups -OCH3 is 1. The number of ether oxygens (including phenoxy) is 1. The van der Waals surface area contributed by atoms with Crippen molar-refractivity contribution in [1.29, 1.82) is 0 Å². The van der Waals surface area contributed by atoms with E-state index in [1.807, 2.05) is 51.1 Å². The lowest BCUT2D eigenvalue weighted by Gasteiger charge is -2.34. The second-order valence-electron chi connectivity index (χ2n) is 11.0. The van der Waals surface area contributed by atoms with Crippen LogP contribution in [-0.4, -0.2) is 50.9 Å². The maximum Gasteiger partial charge on any atom is 0.264 e. The second kappa shape index (κ2) is 15.1. The molecule has 4 aromatic rings. The van der Waals surface area contributed by atoms with E-state index in [1.54, 1.807) is 60.7 Å². The first-order chi connectivity index (χ1) is 21.5. The zero-order valence-electron chi connectivity index (χ0n) is 25.8. The van der Waals surface area contributed by atoms with Gasteiger partial charge in [0.1, 0.15) is 18.3 Å². The fourth-order valence-corrected chi connectivity index (χ4v) is 6.38. The lowest BCUT2D eigenvalue weighted by atomic mass is 10.0. The van der Waals surface area contributed by atoms with E-state index in [2.05, 4.69) is 5.32 Å². The summed E-state index contributed by atoms with van der Waals surface area (Å²) in [6.07, 6.45) is 0.231. The first-order valence-electron chi connectivity index (χ1n) is 14.6. The molecule has 1 atom stereocenters. The third-order valence-corrected chi connectivity index (χ3v) is 9.26. The number of hydrogen-bond donors (Lipinski definition) is 1. The number of aryl methyl sites for hydroxylation is 1. The van der Waals surface area contributed by atoms with Gasteiger partial charge >= 0.3 is 0 Å². The van der Waals surface area contributed by atoms with Crippen LogP contribution in [0.2, 0.25) is 5.02 Å². The van der Waals surface area contributed by atoms with Crippen molar-refractivity contribution < 1.29 is 22.7 Å². The first kappa shape index (κ1) is 33.6. The lowest BCUT2D eigenvalue weighted by molar-refractivity contribution is -0.140. The number of sulfonamides is 1. The molecule has 0 aliphatic heterocycles. The smallest absolute Gasteiger partial charge is 0.264 e. The maximum atomic E-state index is 14.5. The molecule has 0 unspecified atom stereocenters. The standard InChI is InChI=1S/C35H38ClN3O5S/c1-25(2)37-35(41)33(22-27-8-6-5-7-9-27)38(23-28-12-14-29(36)15-13-28)34(40)24-39(30-16-10-26(3)11-17-30)45(42,43)32-20-18-31(44-4)19-21-32/h5-21,25,33H,22-24H2,1-4H3,(H,37,41)/t33-/m0/s1. The van der Waals surface area contributed by atoms with Crippen molar-refractivity contribution in [3.63, 3.8) is 0 Å². The van der Waals surface area contributed by atoms with Crippen LogP contribution in [0.4, 0.5) is 5.69 Å². The molecule has 0 aliphatic carbocycles. The highest BCUT2D eigenvalue weighted by Crippen LogP contribution is 2.27. The van der Waals surface area contributed by atoms with E-state index < -0.39 is 28.5 Å². The van der Waals surface area contributed by atoms with Gasteiger partial charge < -0.3 is 15.0 Å². The topological polar surface area (TPSA) is 96.0 Å². The predicted molar refractivity (Wildman–Crippen MR) is 178 cm³/mol. The molecule has 0 spiro atoms. The third kappa shape index (κ3) is 8.86. The SMILES string of the molecule is COc1ccc(S(=O)(=O)N(CC(=O)N(Cc2ccc(Cl)cc2)[C@@H](Cc2ccccc2)C(=O)NC(C)C)c2ccc(C)cc2)cc1. The lowest BCUT2D eigenvalue weighted by Crippen LogP contribution is -2.54. The Morgan fingerprint density at radius 1 is 0.844 bits per heavy atom. The Hall–Kier alpha value is -4.34. The van der Waals surface area contributed by atoms with Crippen LogP contribution in [0, 0.1) is 6.92 Å². The molecule has 4 aromatic carbocycles. The number of hydrogen-bond acceptors (Lipinski definition) is 5. The summed E-state index contributed by atoms with van der Waals surface area (Å²) in [5.74, 6) is -0.375. The highest BCUT2D eigenvalue weighted by molar-refractivity contribution is 7.92. The number of amides is 2. The van der Waals surface area contributed by atoms with Gasteiger partial charge in [-0.3, -0.25) is 13.9 Å². The van der Waals surface area contributed by atoms with Gasteiger partial charge in [0.25, 0.3) is 10.0 Å². The zero-order chi connectivity index (χ0) is 32.6. The number of nitrogens with zero attached hydrogens (tertiary/aromatic N) is 2. The van der Waals surface area contributed by atoms with E-state index in [-0.39, 0.29) is 29.8 Å². The molecule has 0 bridgehead atoms. The number of halogens is 1. The molecule has 0 aromatic heterocycles. The number of nitrogens with one attached hydrogen (secondary N) is 1. The Morgan fingerprint density at radius 2 is 1.47 bits per heavy atom. The molecule has 0 fully saturated rings. The van der Waals surface area contributed by atoms with Crippen LogP contribution in [0.25, 0.3) is 0 Å². The summed E-state index contributed by atoms with van der Waals surface area (Å²) in [6.45, 7) is 5.12. The fourth-order valence-electron chi connectivity index (χ4n) is 4.84. The van der Waals surface area contributed by atoms with Gasteiger partial charge in [0.05, 0.1) is 17.7 Å². The number of carbonyl (C=O) groups excluding carboxylic acids is 2. The molecule has 8 nitrogen and oxygen atoms in total. The van der Waals surface area contributed by atoms with Crippen molar-refractivity contribution in [2.45, 2.75) is 50.7 Å². The van der Waals surface area contributed by atoms with Crippen molar-refractivity contribution >= 4 is 39.1 Å². The Labute approximate surface area is 270 Å². The summed E-state index contributed by atoms with van der Waals surface area (Å²) in [5, 5.41) is 3.49. The van der Waals surface area contributed by atoms with Crippen molar-refractivity contribution in [2.75, 3.05) is 18.0 Å². The molecule has 4 rings (SSSR count). The minimum atomic E-state index is -4.21. The van der Waals surface area contributed by atoms with Gasteiger partial charge in [0.2, 0.25) is 11.8 Å². The molecule has 0 saturated carbocycles. The van der Waals surface area contributed by atoms with Gasteiger partial charge in [-0.2, -0.15) is 0 Å². The van der Waals surface area contributed by atoms with Crippen molar-refractivity contribution in [3.8, 4) is 5.75 Å². The molecular weight excluding hydrogens is 610 g/mol. The Morgan fingerprint density at radius 3 is 2.04 bits per heavy atom. The summed E-state index contributed by atoms with van der Waals surface area (Å²) in [6, 6.07) is 28.2. The van der Waals surface area contributed by atoms with Crippen LogP contribution in [-0.2, 0) is 32.6 Å². The molecule has 45 heavy (non-hydrogen) atoms. The van der Waals surface area contributed by atoms with E-state index in [1.165, 1.54) is 24.1 Å². The van der Waals surface area contributed by atoms with Gasteiger partial charge in [-0.05, 0) is 80.4 Å². The summed E-state index contributed by atoms with van der Waals surface area (Å²) in [5.41, 5.74) is 2.85. The van der Waals surface area contributed by atoms with Crippen molar-refractivity contribution in [3.05, 3.63) is 125 Å². The van der Waals surface area contributed by atoms with E-state index >= 15 is 0 Å². The third-order valence-electron chi connectivity index (χ3n) is 7.22. The normalized spacial score (nSPS) is 12.0. The molecule has 0 saturated heterocycles. The van der Waals surface area contributed by atoms with Gasteiger partial charge in [-0.15, -0.1) is 0 Å². The van der Waals surface area contributed by atoms with Crippen molar-refractivity contribution in [2.24, 2.45) is 0 Å². The number of carbonyl (C=O) groups is 2. The molecule has 0 heterocycles. The van der Waals surface area contributed by atoms with Crippen LogP contribution in [0.1, 0.15) is 30.5 Å². The van der Waals surface area contributed by atoms with Crippen molar-refractivity contribution in [1.82, 2.24) is 10.2 Å². The van der Waals surface area contributed by atoms with Crippen LogP contribution < -0.4 is 14.4 Å². The zero-order valence-corrected chi connectivity index (χ0v) is 27.4. The monoisotopic (exact) mass is 647 g/mol. The van der Waals surface area contributed by atoms with Crippen LogP contribution in [0.5, 0.6) is 5.75 Å². The van der Waals surface area contributed by atoms with Gasteiger partial charge in [-0.25, -0.2) is 8.42 Å². The molecular formula is C35H38ClN3O5S. The molecule has 1 N–H and O–H groups in total. The summed E-state index contributed by atoms with van der Waals surface area (Å²) >= 11 is 6.14. The Bertz CT molecular complexity index is 1680. The number of anilines is 1. The van der Waals surface area contributed by atoms with Gasteiger partial charge in [0.15, 0.2) is 0 Å². The predicted octanol–water partition coefficient (Wildman–Crippen LogP) is 6.02. The van der Waals surface area contributed by atoms with Crippen LogP contribution in [0.3, 0.4) is 0 Å².